The maximum Gasteiger partial charge on any atom is 0.358 e. The third-order valence-electron chi connectivity index (χ3n) is 8.05. The minimum atomic E-state index is -4.60. The lowest BCUT2D eigenvalue weighted by atomic mass is 9.96. The Labute approximate surface area is 271 Å². The van der Waals surface area contributed by atoms with Gasteiger partial charge in [0.05, 0.1) is 11.3 Å². The molecule has 1 aliphatic heterocycles. The molecule has 4 N–H and O–H groups in total. The molecule has 0 unspecified atom stereocenters. The third kappa shape index (κ3) is 7.25. The van der Waals surface area contributed by atoms with Crippen molar-refractivity contribution in [2.24, 2.45) is 0 Å². The van der Waals surface area contributed by atoms with Gasteiger partial charge in [-0.25, -0.2) is 4.98 Å². The minimum Gasteiger partial charge on any atom is -0.351 e. The molecule has 3 heterocycles. The van der Waals surface area contributed by atoms with E-state index in [1.807, 2.05) is 60.7 Å². The summed E-state index contributed by atoms with van der Waals surface area (Å²) in [5.41, 5.74) is 3.46. The number of benzene rings is 3. The summed E-state index contributed by atoms with van der Waals surface area (Å²) >= 11 is 1.03. The molecule has 0 radical (unpaired) electrons. The van der Waals surface area contributed by atoms with Crippen molar-refractivity contribution in [3.63, 3.8) is 0 Å². The monoisotopic (exact) mass is 655 g/mol. The number of H-pyrrole nitrogens is 1. The van der Waals surface area contributed by atoms with E-state index < -0.39 is 19.5 Å². The van der Waals surface area contributed by atoms with Gasteiger partial charge in [-0.2, -0.15) is 0 Å². The van der Waals surface area contributed by atoms with Gasteiger partial charge in [-0.1, -0.05) is 78.9 Å². The van der Waals surface area contributed by atoms with Gasteiger partial charge < -0.3 is 25.0 Å². The van der Waals surface area contributed by atoms with Crippen LogP contribution < -0.4 is 10.6 Å². The molecule has 1 atom stereocenters. The smallest absolute Gasteiger partial charge is 0.351 e. The van der Waals surface area contributed by atoms with Crippen molar-refractivity contribution in [3.8, 4) is 0 Å². The average molecular weight is 656 g/mol. The topological polar surface area (TPSA) is 139 Å². The highest BCUT2D eigenvalue weighted by Gasteiger charge is 2.33. The number of pyridine rings is 1. The fourth-order valence-electron chi connectivity index (χ4n) is 5.79. The summed E-state index contributed by atoms with van der Waals surface area (Å²) in [7, 11) is -4.60. The number of para-hydroxylation sites is 1. The van der Waals surface area contributed by atoms with Gasteiger partial charge in [0.1, 0.15) is 16.8 Å². The highest BCUT2D eigenvalue weighted by Crippen LogP contribution is 2.37. The predicted octanol–water partition coefficient (Wildman–Crippen LogP) is 4.19. The Kier molecular flexibility index (Phi) is 9.67. The summed E-state index contributed by atoms with van der Waals surface area (Å²) in [6.07, 6.45) is 1.44. The second kappa shape index (κ2) is 14.0. The van der Waals surface area contributed by atoms with E-state index in [1.165, 1.54) is 29.5 Å². The summed E-state index contributed by atoms with van der Waals surface area (Å²) in [6.45, 7) is 2.16. The van der Waals surface area contributed by atoms with E-state index in [-0.39, 0.29) is 28.0 Å². The van der Waals surface area contributed by atoms with Gasteiger partial charge in [-0.15, -0.1) is 11.8 Å². The number of nitrogens with zero attached hydrogens (tertiary/aromatic N) is 3. The van der Waals surface area contributed by atoms with Crippen molar-refractivity contribution < 1.29 is 23.9 Å². The second-order valence-electron chi connectivity index (χ2n) is 11.1. The van der Waals surface area contributed by atoms with E-state index >= 15 is 0 Å². The first-order valence-electron chi connectivity index (χ1n) is 14.9. The molecule has 5 aromatic rings. The van der Waals surface area contributed by atoms with Crippen LogP contribution in [0.5, 0.6) is 0 Å². The predicted molar refractivity (Wildman–Crippen MR) is 179 cm³/mol. The Morgan fingerprint density at radius 3 is 2.13 bits per heavy atom. The largest absolute Gasteiger partial charge is 0.358 e. The molecule has 0 bridgehead atoms. The van der Waals surface area contributed by atoms with E-state index in [0.717, 1.165) is 22.7 Å². The van der Waals surface area contributed by atoms with Gasteiger partial charge in [0.25, 0.3) is 5.91 Å². The Morgan fingerprint density at radius 2 is 1.50 bits per heavy atom. The van der Waals surface area contributed by atoms with Gasteiger partial charge in [0, 0.05) is 49.0 Å². The Balaban J connectivity index is 1.21. The van der Waals surface area contributed by atoms with Crippen LogP contribution in [0.2, 0.25) is 0 Å². The molecule has 0 spiro atoms. The SMILES string of the molecule is O=C(N[C@@H](CSc1ncccc1P(=O)(O)O)C(=O)N1CCN(C(c2ccccc2)c2ccccc2)CC1)c1cc2ccccc2[nH]1. The minimum absolute atomic E-state index is 0.0305. The number of nitrogens with one attached hydrogen (secondary N) is 2. The third-order valence-corrected chi connectivity index (χ3v) is 10.3. The summed E-state index contributed by atoms with van der Waals surface area (Å²) in [5.74, 6) is -0.675. The molecular formula is C34H34N5O5PS. The zero-order valence-corrected chi connectivity index (χ0v) is 26.6. The van der Waals surface area contributed by atoms with Crippen LogP contribution in [0.1, 0.15) is 27.7 Å². The number of fused-ring (bicyclic) bond motifs is 1. The fraction of sp³-hybridized carbons (Fsp3) is 0.206. The standard InChI is InChI=1S/C34H34N5O5PS/c40-32(28-22-26-14-7-8-15-27(26)36-28)37-29(23-46-33-30(45(42,43)44)16-9-17-35-33)34(41)39-20-18-38(19-21-39)31(24-10-3-1-4-11-24)25-12-5-2-6-13-25/h1-17,22,29,31,36H,18-21,23H2,(H,37,40)(H2,42,43,44)/t29-/m0/s1. The Hall–Kier alpha value is -4.25. The van der Waals surface area contributed by atoms with Gasteiger partial charge in [0.15, 0.2) is 0 Å². The molecular weight excluding hydrogens is 621 g/mol. The van der Waals surface area contributed by atoms with Crippen LogP contribution in [0.25, 0.3) is 10.9 Å². The molecule has 3 aromatic carbocycles. The number of carbonyl (C=O) groups excluding carboxylic acids is 2. The number of thioether (sulfide) groups is 1. The van der Waals surface area contributed by atoms with Crippen molar-refractivity contribution in [2.45, 2.75) is 17.1 Å². The number of hydrogen-bond acceptors (Lipinski definition) is 6. The fourth-order valence-corrected chi connectivity index (χ4v) is 7.83. The van der Waals surface area contributed by atoms with Crippen LogP contribution in [0.15, 0.2) is 114 Å². The van der Waals surface area contributed by atoms with Crippen LogP contribution in [0.3, 0.4) is 0 Å². The lowest BCUT2D eigenvalue weighted by molar-refractivity contribution is -0.134. The second-order valence-corrected chi connectivity index (χ2v) is 13.6. The zero-order valence-electron chi connectivity index (χ0n) is 24.9. The molecule has 1 saturated heterocycles. The lowest BCUT2D eigenvalue weighted by Gasteiger charge is -2.40. The molecule has 10 nitrogen and oxygen atoms in total. The Morgan fingerprint density at radius 1 is 0.870 bits per heavy atom. The van der Waals surface area contributed by atoms with Crippen LogP contribution in [0.4, 0.5) is 0 Å². The molecule has 2 aromatic heterocycles. The normalized spacial score (nSPS) is 14.8. The molecule has 236 valence electrons. The van der Waals surface area contributed by atoms with Gasteiger partial charge in [-0.3, -0.25) is 19.1 Å². The average Bonchev–Trinajstić information content (AvgIpc) is 3.52. The van der Waals surface area contributed by atoms with Crippen molar-refractivity contribution in [1.82, 2.24) is 25.1 Å². The number of aromatic nitrogens is 2. The number of amides is 2. The first kappa shape index (κ1) is 31.7. The molecule has 0 saturated carbocycles. The first-order chi connectivity index (χ1) is 22.3. The van der Waals surface area contributed by atoms with Gasteiger partial charge in [0.2, 0.25) is 5.91 Å². The maximum atomic E-state index is 14.1. The van der Waals surface area contributed by atoms with Gasteiger partial charge in [-0.05, 0) is 35.4 Å². The van der Waals surface area contributed by atoms with Crippen LogP contribution in [-0.4, -0.2) is 79.3 Å². The Bertz CT molecular complexity index is 1790. The number of rotatable bonds is 10. The number of piperazine rings is 1. The van der Waals surface area contributed by atoms with E-state index in [2.05, 4.69) is 44.5 Å². The van der Waals surface area contributed by atoms with Crippen LogP contribution >= 0.6 is 19.4 Å². The van der Waals surface area contributed by atoms with Gasteiger partial charge >= 0.3 is 7.60 Å². The molecule has 6 rings (SSSR count). The van der Waals surface area contributed by atoms with Crippen molar-refractivity contribution in [1.29, 1.82) is 0 Å². The highest BCUT2D eigenvalue weighted by molar-refractivity contribution is 7.99. The molecule has 12 heteroatoms. The molecule has 2 amide bonds. The van der Waals surface area contributed by atoms with Crippen LogP contribution in [0, 0.1) is 0 Å². The number of hydrogen-bond donors (Lipinski definition) is 4. The first-order valence-corrected chi connectivity index (χ1v) is 17.5. The van der Waals surface area contributed by atoms with Crippen molar-refractivity contribution in [3.05, 3.63) is 126 Å². The number of carbonyl (C=O) groups is 2. The van der Waals surface area contributed by atoms with E-state index in [9.17, 15) is 23.9 Å². The summed E-state index contributed by atoms with van der Waals surface area (Å²) in [4.78, 5) is 58.6. The molecule has 1 aliphatic rings. The quantitative estimate of drug-likeness (QED) is 0.130. The van der Waals surface area contributed by atoms with Crippen molar-refractivity contribution in [2.75, 3.05) is 31.9 Å². The number of aromatic amines is 1. The lowest BCUT2D eigenvalue weighted by Crippen LogP contribution is -2.56. The zero-order chi connectivity index (χ0) is 32.1. The molecule has 46 heavy (non-hydrogen) atoms. The molecule has 0 aliphatic carbocycles. The van der Waals surface area contributed by atoms with E-state index in [0.29, 0.717) is 31.9 Å². The van der Waals surface area contributed by atoms with Crippen LogP contribution in [-0.2, 0) is 9.36 Å². The molecule has 1 fully saturated rings. The summed E-state index contributed by atoms with van der Waals surface area (Å²) in [6, 6.07) is 31.7. The highest BCUT2D eigenvalue weighted by atomic mass is 32.2. The summed E-state index contributed by atoms with van der Waals surface area (Å²) < 4.78 is 12.1. The maximum absolute atomic E-state index is 14.1. The van der Waals surface area contributed by atoms with E-state index in [4.69, 9.17) is 0 Å². The van der Waals surface area contributed by atoms with Crippen molar-refractivity contribution >= 4 is 47.4 Å². The van der Waals surface area contributed by atoms with E-state index in [1.54, 1.807) is 11.0 Å². The summed E-state index contributed by atoms with van der Waals surface area (Å²) in [5, 5.41) is 3.66.